The van der Waals surface area contributed by atoms with Gasteiger partial charge in [0.05, 0.1) is 35.5 Å². The van der Waals surface area contributed by atoms with E-state index in [1.165, 1.54) is 0 Å². The maximum Gasteiger partial charge on any atom is 0.410 e. The van der Waals surface area contributed by atoms with E-state index in [-0.39, 0.29) is 18.2 Å². The highest BCUT2D eigenvalue weighted by molar-refractivity contribution is 5.81. The highest BCUT2D eigenvalue weighted by Crippen LogP contribution is 2.33. The largest absolute Gasteiger partial charge is 0.444 e. The lowest BCUT2D eigenvalue weighted by atomic mass is 9.96. The van der Waals surface area contributed by atoms with Crippen molar-refractivity contribution < 1.29 is 14.6 Å². The van der Waals surface area contributed by atoms with Gasteiger partial charge in [-0.2, -0.15) is 10.2 Å². The molecule has 1 saturated heterocycles. The first-order valence-corrected chi connectivity index (χ1v) is 12.3. The van der Waals surface area contributed by atoms with E-state index < -0.39 is 11.8 Å². The molecule has 0 aliphatic carbocycles. The van der Waals surface area contributed by atoms with E-state index >= 15 is 0 Å². The second-order valence-electron chi connectivity index (χ2n) is 10.7. The molecule has 5 heterocycles. The van der Waals surface area contributed by atoms with Crippen LogP contribution in [0.2, 0.25) is 0 Å². The van der Waals surface area contributed by atoms with Crippen LogP contribution in [0.15, 0.2) is 29.5 Å². The number of aliphatic hydroxyl groups is 1. The smallest absolute Gasteiger partial charge is 0.410 e. The molecule has 0 aromatic carbocycles. The third-order valence-corrected chi connectivity index (χ3v) is 6.64. The van der Waals surface area contributed by atoms with Gasteiger partial charge in [0.1, 0.15) is 11.3 Å². The number of nitrogens with zero attached hydrogens (tertiary/aromatic N) is 7. The molecule has 5 rings (SSSR count). The number of hydrogen-bond donors (Lipinski definition) is 1. The molecule has 10 heteroatoms. The van der Waals surface area contributed by atoms with Gasteiger partial charge in [0, 0.05) is 18.2 Å². The molecule has 1 fully saturated rings. The minimum atomic E-state index is -0.912. The van der Waals surface area contributed by atoms with Gasteiger partial charge in [-0.1, -0.05) is 6.07 Å². The number of piperidine rings is 1. The van der Waals surface area contributed by atoms with E-state index in [1.54, 1.807) is 20.6 Å². The average Bonchev–Trinajstić information content (AvgIpc) is 3.18. The summed E-state index contributed by atoms with van der Waals surface area (Å²) < 4.78 is 7.33. The summed E-state index contributed by atoms with van der Waals surface area (Å²) in [6.45, 7) is 12.1. The number of amides is 1. The fourth-order valence-electron chi connectivity index (χ4n) is 4.92. The predicted molar refractivity (Wildman–Crippen MR) is 136 cm³/mol. The molecule has 1 amide bonds. The fourth-order valence-corrected chi connectivity index (χ4v) is 4.92. The Morgan fingerprint density at radius 3 is 2.67 bits per heavy atom. The maximum atomic E-state index is 12.6. The van der Waals surface area contributed by atoms with Gasteiger partial charge in [-0.05, 0) is 72.1 Å². The molecular weight excluding hydrogens is 458 g/mol. The van der Waals surface area contributed by atoms with E-state index in [4.69, 9.17) is 9.72 Å². The number of hydrogen-bond acceptors (Lipinski definition) is 8. The van der Waals surface area contributed by atoms with Crippen LogP contribution in [-0.4, -0.2) is 71.1 Å². The molecule has 1 N–H and O–H groups in total. The minimum Gasteiger partial charge on any atom is -0.444 e. The van der Waals surface area contributed by atoms with Crippen LogP contribution in [-0.2, 0) is 4.74 Å². The van der Waals surface area contributed by atoms with Gasteiger partial charge >= 0.3 is 6.09 Å². The molecule has 10 nitrogen and oxygen atoms in total. The molecule has 3 atom stereocenters. The molecule has 2 aliphatic rings. The Balaban J connectivity index is 1.33. The van der Waals surface area contributed by atoms with Crippen molar-refractivity contribution in [2.24, 2.45) is 5.10 Å². The standard InChI is InChI=1S/C26H33N7O3/c1-15-11-21(30-32-14-16(2)28-23(15)32)20-8-7-19-22(29-20)13-27-33(24(19)34)18-9-10-31(17(3)12-18)25(35)36-26(4,5)6/h7-8,11,13-14,17-18,24,34H,9-10,12H2,1-6H3. The summed E-state index contributed by atoms with van der Waals surface area (Å²) in [6.07, 6.45) is 3.75. The number of aromatic nitrogens is 4. The molecule has 0 spiro atoms. The molecule has 0 saturated carbocycles. The lowest BCUT2D eigenvalue weighted by Crippen LogP contribution is -2.52. The van der Waals surface area contributed by atoms with Crippen molar-refractivity contribution in [3.8, 4) is 11.4 Å². The zero-order valence-corrected chi connectivity index (χ0v) is 21.6. The van der Waals surface area contributed by atoms with Crippen molar-refractivity contribution in [2.75, 3.05) is 6.54 Å². The average molecular weight is 492 g/mol. The van der Waals surface area contributed by atoms with E-state index in [9.17, 15) is 9.90 Å². The summed E-state index contributed by atoms with van der Waals surface area (Å²) in [6, 6.07) is 5.71. The first kappa shape index (κ1) is 24.2. The molecule has 190 valence electrons. The second-order valence-corrected chi connectivity index (χ2v) is 10.7. The minimum absolute atomic E-state index is 0.00559. The number of fused-ring (bicyclic) bond motifs is 2. The summed E-state index contributed by atoms with van der Waals surface area (Å²) >= 11 is 0. The Bertz CT molecular complexity index is 1340. The zero-order chi connectivity index (χ0) is 25.8. The number of likely N-dealkylation sites (tertiary alicyclic amines) is 1. The fraction of sp³-hybridized carbons (Fsp3) is 0.500. The number of pyridine rings is 1. The molecule has 3 aromatic heterocycles. The Labute approximate surface area is 210 Å². The molecule has 3 aromatic rings. The van der Waals surface area contributed by atoms with Crippen molar-refractivity contribution in [3.63, 3.8) is 0 Å². The van der Waals surface area contributed by atoms with Gasteiger partial charge in [-0.25, -0.2) is 19.3 Å². The number of aliphatic hydroxyl groups excluding tert-OH is 1. The SMILES string of the molecule is Cc1cn2nc(-c3ccc4c(n3)C=NN(C3CCN(C(=O)OC(C)(C)C)C(C)C3)C4O)cc(C)c2n1. The van der Waals surface area contributed by atoms with Gasteiger partial charge < -0.3 is 14.7 Å². The third-order valence-electron chi connectivity index (χ3n) is 6.64. The summed E-state index contributed by atoms with van der Waals surface area (Å²) in [5.74, 6) is 0. The zero-order valence-electron chi connectivity index (χ0n) is 21.6. The number of carbonyl (C=O) groups is 1. The van der Waals surface area contributed by atoms with Crippen LogP contribution in [0.3, 0.4) is 0 Å². The van der Waals surface area contributed by atoms with Crippen molar-refractivity contribution >= 4 is 18.0 Å². The van der Waals surface area contributed by atoms with Crippen molar-refractivity contribution in [3.05, 3.63) is 46.9 Å². The van der Waals surface area contributed by atoms with Crippen LogP contribution in [0.5, 0.6) is 0 Å². The number of carbonyl (C=O) groups excluding carboxylic acids is 1. The molecule has 2 aliphatic heterocycles. The summed E-state index contributed by atoms with van der Waals surface area (Å²) in [5, 5.41) is 22.1. The highest BCUT2D eigenvalue weighted by atomic mass is 16.6. The van der Waals surface area contributed by atoms with E-state index in [2.05, 4.69) is 15.2 Å². The number of rotatable bonds is 2. The summed E-state index contributed by atoms with van der Waals surface area (Å²) in [5.41, 5.74) is 4.97. The summed E-state index contributed by atoms with van der Waals surface area (Å²) in [4.78, 5) is 23.6. The topological polar surface area (TPSA) is 108 Å². The van der Waals surface area contributed by atoms with Gasteiger partial charge in [0.2, 0.25) is 0 Å². The molecular formula is C26H33N7O3. The monoisotopic (exact) mass is 491 g/mol. The van der Waals surface area contributed by atoms with Gasteiger partial charge in [0.25, 0.3) is 0 Å². The first-order chi connectivity index (χ1) is 17.0. The molecule has 36 heavy (non-hydrogen) atoms. The van der Waals surface area contributed by atoms with E-state index in [0.29, 0.717) is 36.3 Å². The maximum absolute atomic E-state index is 12.6. The molecule has 0 bridgehead atoms. The number of hydrazone groups is 1. The van der Waals surface area contributed by atoms with E-state index in [1.807, 2.05) is 65.9 Å². The van der Waals surface area contributed by atoms with Gasteiger partial charge in [0.15, 0.2) is 11.9 Å². The van der Waals surface area contributed by atoms with Crippen LogP contribution in [0.25, 0.3) is 17.0 Å². The van der Waals surface area contributed by atoms with Crippen LogP contribution in [0.4, 0.5) is 4.79 Å². The van der Waals surface area contributed by atoms with Crippen LogP contribution >= 0.6 is 0 Å². The Kier molecular flexibility index (Phi) is 5.94. The van der Waals surface area contributed by atoms with Crippen LogP contribution < -0.4 is 0 Å². The number of aryl methyl sites for hydroxylation is 2. The van der Waals surface area contributed by atoms with Gasteiger partial charge in [-0.3, -0.25) is 5.01 Å². The van der Waals surface area contributed by atoms with Gasteiger partial charge in [-0.15, -0.1) is 0 Å². The Hall–Kier alpha value is -3.53. The lowest BCUT2D eigenvalue weighted by Gasteiger charge is -2.43. The normalized spacial score (nSPS) is 22.1. The van der Waals surface area contributed by atoms with Crippen molar-refractivity contribution in [1.29, 1.82) is 0 Å². The predicted octanol–water partition coefficient (Wildman–Crippen LogP) is 3.84. The first-order valence-electron chi connectivity index (χ1n) is 12.3. The Morgan fingerprint density at radius 2 is 1.94 bits per heavy atom. The van der Waals surface area contributed by atoms with Crippen LogP contribution in [0.1, 0.15) is 69.3 Å². The van der Waals surface area contributed by atoms with Crippen molar-refractivity contribution in [1.82, 2.24) is 29.5 Å². The van der Waals surface area contributed by atoms with Crippen molar-refractivity contribution in [2.45, 2.75) is 78.3 Å². The third kappa shape index (κ3) is 4.53. The quantitative estimate of drug-likeness (QED) is 0.580. The second kappa shape index (κ2) is 8.85. The number of ether oxygens (including phenoxy) is 1. The molecule has 0 radical (unpaired) electrons. The lowest BCUT2D eigenvalue weighted by molar-refractivity contribution is -0.0550. The van der Waals surface area contributed by atoms with E-state index in [0.717, 1.165) is 22.6 Å². The Morgan fingerprint density at radius 1 is 1.17 bits per heavy atom. The summed E-state index contributed by atoms with van der Waals surface area (Å²) in [7, 11) is 0. The van der Waals surface area contributed by atoms with Crippen LogP contribution in [0, 0.1) is 13.8 Å². The highest BCUT2D eigenvalue weighted by Gasteiger charge is 2.37. The molecule has 3 unspecified atom stereocenters. The number of imidazole rings is 1.